The number of carbonyl (C=O) groups is 2. The van der Waals surface area contributed by atoms with Gasteiger partial charge in [-0.15, -0.1) is 0 Å². The normalized spacial score (nSPS) is 17.5. The van der Waals surface area contributed by atoms with Crippen molar-refractivity contribution in [2.45, 2.75) is 151 Å². The van der Waals surface area contributed by atoms with Crippen molar-refractivity contribution in [1.82, 2.24) is 14.6 Å². The highest BCUT2D eigenvalue weighted by molar-refractivity contribution is 7.82. The number of carbonyl (C=O) groups excluding carboxylic acids is 1. The van der Waals surface area contributed by atoms with Crippen molar-refractivity contribution in [1.29, 1.82) is 0 Å². The molecule has 2 aromatic heterocycles. The van der Waals surface area contributed by atoms with E-state index in [0.29, 0.717) is 75.8 Å². The number of fused-ring (bicyclic) bond motifs is 2. The molecule has 410 valence electrons. The molecule has 1 aliphatic carbocycles. The summed E-state index contributed by atoms with van der Waals surface area (Å²) in [6, 6.07) is 19.3. The Labute approximate surface area is 451 Å². The topological polar surface area (TPSA) is 204 Å². The highest BCUT2D eigenvalue weighted by Gasteiger charge is 2.33. The molecule has 0 spiro atoms. The van der Waals surface area contributed by atoms with Gasteiger partial charge in [0, 0.05) is 28.1 Å². The first kappa shape index (κ1) is 58.5. The third-order valence-electron chi connectivity index (χ3n) is 14.8. The predicted molar refractivity (Wildman–Crippen MR) is 303 cm³/mol. The van der Waals surface area contributed by atoms with Gasteiger partial charge in [0.15, 0.2) is 23.4 Å². The Morgan fingerprint density at radius 3 is 2.18 bits per heavy atom. The van der Waals surface area contributed by atoms with Crippen molar-refractivity contribution in [3.8, 4) is 40.1 Å². The maximum atomic E-state index is 13.2. The molecule has 15 nitrogen and oxygen atoms in total. The van der Waals surface area contributed by atoms with Gasteiger partial charge in [0.25, 0.3) is 5.91 Å². The second kappa shape index (κ2) is 28.4. The van der Waals surface area contributed by atoms with Crippen LogP contribution >= 0.6 is 0 Å². The summed E-state index contributed by atoms with van der Waals surface area (Å²) >= 11 is -2.10. The molecule has 0 bridgehead atoms. The maximum Gasteiger partial charge on any atom is 0.344 e. The molecule has 1 saturated carbocycles. The van der Waals surface area contributed by atoms with E-state index in [1.807, 2.05) is 31.2 Å². The van der Waals surface area contributed by atoms with E-state index in [2.05, 4.69) is 49.3 Å². The van der Waals surface area contributed by atoms with Crippen LogP contribution in [0.4, 0.5) is 11.4 Å². The SMILES string of the molecule is CCCCCCCCC(CCCCCC)COc1cc(C(N)=O)c(O)c2ccccc12.[C-]#[N+]c1cn2[nH]c(-c3ccc(OC)c(NS(=O)Oc4cc(C)ccc4OC(C)C(=O)O)c3)nc2c1CC1C(C)CC(C)CC1C. The molecule has 0 radical (unpaired) electrons. The van der Waals surface area contributed by atoms with Gasteiger partial charge < -0.3 is 34.3 Å². The number of ether oxygens (including phenoxy) is 3. The van der Waals surface area contributed by atoms with Gasteiger partial charge in [0.1, 0.15) is 22.9 Å². The maximum absolute atomic E-state index is 13.2. The molecule has 0 aliphatic heterocycles. The van der Waals surface area contributed by atoms with E-state index in [1.165, 1.54) is 104 Å². The van der Waals surface area contributed by atoms with Gasteiger partial charge in [0.2, 0.25) is 5.69 Å². The Morgan fingerprint density at radius 1 is 0.895 bits per heavy atom. The lowest BCUT2D eigenvalue weighted by atomic mass is 9.67. The number of H-pyrrole nitrogens is 1. The smallest absolute Gasteiger partial charge is 0.344 e. The summed E-state index contributed by atoms with van der Waals surface area (Å²) in [4.78, 5) is 31.8. The predicted octanol–water partition coefficient (Wildman–Crippen LogP) is 14.3. The minimum Gasteiger partial charge on any atom is -0.506 e. The number of aromatic hydroxyl groups is 1. The fourth-order valence-electron chi connectivity index (χ4n) is 10.7. The largest absolute Gasteiger partial charge is 0.506 e. The number of rotatable bonds is 27. The van der Waals surface area contributed by atoms with E-state index in [-0.39, 0.29) is 22.8 Å². The van der Waals surface area contributed by atoms with Crippen molar-refractivity contribution < 1.29 is 42.4 Å². The van der Waals surface area contributed by atoms with E-state index in [1.54, 1.807) is 53.2 Å². The summed E-state index contributed by atoms with van der Waals surface area (Å²) < 4.78 is 40.7. The third kappa shape index (κ3) is 15.7. The van der Waals surface area contributed by atoms with Crippen molar-refractivity contribution >= 4 is 50.9 Å². The van der Waals surface area contributed by atoms with Crippen LogP contribution in [0.3, 0.4) is 0 Å². The molecule has 6 N–H and O–H groups in total. The van der Waals surface area contributed by atoms with Crippen LogP contribution in [0, 0.1) is 43.1 Å². The number of aromatic nitrogens is 3. The van der Waals surface area contributed by atoms with Gasteiger partial charge in [-0.3, -0.25) is 19.1 Å². The zero-order valence-corrected chi connectivity index (χ0v) is 46.6. The summed E-state index contributed by atoms with van der Waals surface area (Å²) in [5.41, 5.74) is 9.81. The Hall–Kier alpha value is -6.73. The van der Waals surface area contributed by atoms with Gasteiger partial charge in [-0.1, -0.05) is 129 Å². The fourth-order valence-corrected chi connectivity index (χ4v) is 11.4. The van der Waals surface area contributed by atoms with Crippen LogP contribution in [0.25, 0.3) is 32.7 Å². The highest BCUT2D eigenvalue weighted by Crippen LogP contribution is 2.43. The van der Waals surface area contributed by atoms with Gasteiger partial charge in [0.05, 0.1) is 31.5 Å². The Kier molecular flexibility index (Phi) is 21.9. The van der Waals surface area contributed by atoms with E-state index >= 15 is 0 Å². The molecule has 1 aliphatic rings. The summed E-state index contributed by atoms with van der Waals surface area (Å²) in [5, 5.41) is 24.4. The van der Waals surface area contributed by atoms with Crippen LogP contribution in [0.1, 0.15) is 153 Å². The fraction of sp³-hybridized carbons (Fsp3) is 0.500. The van der Waals surface area contributed by atoms with Crippen molar-refractivity contribution in [3.63, 3.8) is 0 Å². The van der Waals surface area contributed by atoms with Gasteiger partial charge in [-0.2, -0.15) is 4.21 Å². The van der Waals surface area contributed by atoms with E-state index < -0.39 is 29.2 Å². The molecule has 5 unspecified atom stereocenters. The number of nitrogens with two attached hydrogens (primary N) is 1. The summed E-state index contributed by atoms with van der Waals surface area (Å²) in [5.74, 6) is 2.90. The molecule has 1 fully saturated rings. The first-order chi connectivity index (χ1) is 36.5. The molecule has 0 saturated heterocycles. The Bertz CT molecular complexity index is 2930. The summed E-state index contributed by atoms with van der Waals surface area (Å²) in [6.45, 7) is 23.1. The average Bonchev–Trinajstić information content (AvgIpc) is 3.98. The minimum atomic E-state index is -2.10. The lowest BCUT2D eigenvalue weighted by Gasteiger charge is -2.38. The molecule has 1 amide bonds. The lowest BCUT2D eigenvalue weighted by molar-refractivity contribution is -0.144. The number of carboxylic acid groups (broad SMARTS) is 1. The number of primary amides is 1. The van der Waals surface area contributed by atoms with Crippen LogP contribution in [-0.4, -0.2) is 60.7 Å². The lowest BCUT2D eigenvalue weighted by Crippen LogP contribution is -2.30. The molecular weight excluding hydrogens is 981 g/mol. The van der Waals surface area contributed by atoms with Crippen LogP contribution in [0.2, 0.25) is 0 Å². The van der Waals surface area contributed by atoms with Crippen LogP contribution in [-0.2, 0) is 22.5 Å². The molecule has 76 heavy (non-hydrogen) atoms. The number of aryl methyl sites for hydroxylation is 1. The van der Waals surface area contributed by atoms with E-state index in [0.717, 1.165) is 28.6 Å². The number of hydrogen-bond acceptors (Lipinski definition) is 9. The number of carboxylic acids is 1. The van der Waals surface area contributed by atoms with Crippen molar-refractivity contribution in [2.75, 3.05) is 18.4 Å². The van der Waals surface area contributed by atoms with Crippen molar-refractivity contribution in [2.24, 2.45) is 35.3 Å². The van der Waals surface area contributed by atoms with Crippen molar-refractivity contribution in [3.05, 3.63) is 101 Å². The molecular formula is C60H80N6O9S. The van der Waals surface area contributed by atoms with Crippen LogP contribution in [0.15, 0.2) is 72.9 Å². The Morgan fingerprint density at radius 2 is 1.54 bits per heavy atom. The summed E-state index contributed by atoms with van der Waals surface area (Å²) in [7, 11) is 1.51. The Balaban J connectivity index is 0.000000265. The van der Waals surface area contributed by atoms with Gasteiger partial charge in [-0.25, -0.2) is 14.6 Å². The average molecular weight is 1060 g/mol. The van der Waals surface area contributed by atoms with Gasteiger partial charge in [-0.05, 0) is 118 Å². The zero-order chi connectivity index (χ0) is 54.9. The van der Waals surface area contributed by atoms with Crippen LogP contribution in [0.5, 0.6) is 28.7 Å². The number of amides is 1. The number of nitrogens with one attached hydrogen (secondary N) is 2. The number of aromatic amines is 1. The minimum absolute atomic E-state index is 0.0707. The number of anilines is 1. The number of nitrogens with zero attached hydrogens (tertiary/aromatic N) is 3. The standard InChI is InChI=1S/C33H39N5O6S.C27H41NO3/c1-18-8-10-29(43-22(5)33(39)40)30(14-18)44-45(41)37-26-15-23(9-11-28(26)42-7)31-35-32-25(27(34-6)17-38(32)36-31)16-24-20(3)12-19(2)13-21(24)4;1-3-5-7-9-10-12-16-21(15-11-8-6-4-2)20-31-25-19-24(27(28)30)26(29)23-18-14-13-17-22(23)25/h8-11,14-15,17,19-22,24,37H,12-13,16H2,1-5,7H3,(H,35,36)(H,39,40);13-14,17-19,21,29H,3-12,15-16,20H2,1-2H3,(H2,28,30). The highest BCUT2D eigenvalue weighted by atomic mass is 32.2. The number of methoxy groups -OCH3 is 1. The molecule has 6 aromatic rings. The number of benzene rings is 4. The second-order valence-electron chi connectivity index (χ2n) is 20.9. The monoisotopic (exact) mass is 1060 g/mol. The number of phenols is 1. The van der Waals surface area contributed by atoms with Gasteiger partial charge >= 0.3 is 17.2 Å². The number of unbranched alkanes of at least 4 members (excludes halogenated alkanes) is 8. The number of hydrogen-bond donors (Lipinski definition) is 5. The van der Waals surface area contributed by atoms with E-state index in [9.17, 15) is 24.0 Å². The molecule has 4 aromatic carbocycles. The number of aliphatic carboxylic acids is 1. The molecule has 16 heteroatoms. The van der Waals surface area contributed by atoms with E-state index in [4.69, 9.17) is 35.7 Å². The van der Waals surface area contributed by atoms with Crippen LogP contribution < -0.4 is 28.8 Å². The quantitative estimate of drug-likeness (QED) is 0.0244. The zero-order valence-electron chi connectivity index (χ0n) is 45.8. The summed E-state index contributed by atoms with van der Waals surface area (Å²) in [6.07, 6.45) is 19.1. The first-order valence-electron chi connectivity index (χ1n) is 27.2. The molecule has 7 rings (SSSR count). The third-order valence-corrected chi connectivity index (χ3v) is 15.5. The second-order valence-corrected chi connectivity index (χ2v) is 21.8. The molecule has 5 atom stereocenters. The molecule has 2 heterocycles. The first-order valence-corrected chi connectivity index (χ1v) is 28.3.